The molecule has 7 amide bonds. The summed E-state index contributed by atoms with van der Waals surface area (Å²) in [5, 5.41) is 15.2. The number of benzene rings is 3. The number of likely N-dealkylation sites (tertiary alicyclic amines) is 1. The summed E-state index contributed by atoms with van der Waals surface area (Å²) in [7, 11) is 0. The molecule has 2 heterocycles. The number of primary amides is 1. The van der Waals surface area contributed by atoms with Crippen molar-refractivity contribution in [1.82, 2.24) is 36.5 Å². The highest BCUT2D eigenvalue weighted by molar-refractivity contribution is 5.97. The third kappa shape index (κ3) is 14.5. The molecular weight excluding hydrogens is 851 g/mol. The second kappa shape index (κ2) is 24.8. The Kier molecular flexibility index (Phi) is 18.5. The van der Waals surface area contributed by atoms with Gasteiger partial charge < -0.3 is 47.9 Å². The second-order valence-corrected chi connectivity index (χ2v) is 18.1. The number of fused-ring (bicyclic) bond motifs is 1. The van der Waals surface area contributed by atoms with Crippen LogP contribution in [0, 0.1) is 5.92 Å². The van der Waals surface area contributed by atoms with Gasteiger partial charge in [-0.3, -0.25) is 33.6 Å². The van der Waals surface area contributed by atoms with Crippen LogP contribution < -0.4 is 38.1 Å². The number of rotatable bonds is 22. The molecular formula is C51H67N9O7. The van der Waals surface area contributed by atoms with Gasteiger partial charge in [0.05, 0.1) is 0 Å². The number of nitrogens with zero attached hydrogens (tertiary/aromatic N) is 1. The number of carbonyl (C=O) groups is 7. The average molecular weight is 918 g/mol. The van der Waals surface area contributed by atoms with Crippen LogP contribution in [0.1, 0.15) is 94.2 Å². The van der Waals surface area contributed by atoms with E-state index in [1.54, 1.807) is 6.20 Å². The standard InChI is InChI=1S/C51H67N9O7/c1-33(61)55-42(29-35-18-7-3-8-19-35)47(63)56-40(24-15-26-52)51(67)60-27-14-13-25-45(60)50(66)59-43(30-36-20-9-4-10-21-36)48(64)58-44(31-37-32-54-39-23-12-11-22-38(37)39)49(65)57-41(46(53)62)28-34-16-5-2-6-17-34/h2-3,5-8,11-12,16-19,22-23,32,36,40-45,54H,4,9-10,13-15,20-21,24-31,52H2,1H3,(H2,53,62)(H,55,61)(H,56,63)(H,57,65)(H,58,64)(H,59,66)/t40-,41-,42-,43+,44-,45-/m0/s1. The quantitative estimate of drug-likeness (QED) is 0.0580. The Morgan fingerprint density at radius 1 is 0.642 bits per heavy atom. The van der Waals surface area contributed by atoms with Gasteiger partial charge >= 0.3 is 0 Å². The third-order valence-electron chi connectivity index (χ3n) is 13.0. The molecule has 10 N–H and O–H groups in total. The molecule has 0 bridgehead atoms. The smallest absolute Gasteiger partial charge is 0.245 e. The number of nitrogens with two attached hydrogens (primary N) is 2. The zero-order chi connectivity index (χ0) is 47.7. The minimum absolute atomic E-state index is 0.0669. The number of para-hydroxylation sites is 1. The molecule has 6 atom stereocenters. The summed E-state index contributed by atoms with van der Waals surface area (Å²) in [4.78, 5) is 102. The van der Waals surface area contributed by atoms with Gasteiger partial charge in [0.15, 0.2) is 0 Å². The molecule has 67 heavy (non-hydrogen) atoms. The van der Waals surface area contributed by atoms with Crippen LogP contribution in [0.2, 0.25) is 0 Å². The Bertz CT molecular complexity index is 2300. The Morgan fingerprint density at radius 3 is 1.85 bits per heavy atom. The van der Waals surface area contributed by atoms with Gasteiger partial charge in [-0.2, -0.15) is 0 Å². The number of nitrogens with one attached hydrogen (secondary N) is 6. The first kappa shape index (κ1) is 49.9. The van der Waals surface area contributed by atoms with Gasteiger partial charge in [0.1, 0.15) is 36.3 Å². The monoisotopic (exact) mass is 918 g/mol. The number of aromatic nitrogens is 1. The van der Waals surface area contributed by atoms with E-state index in [0.29, 0.717) is 32.1 Å². The van der Waals surface area contributed by atoms with Gasteiger partial charge in [-0.05, 0) is 73.7 Å². The maximum Gasteiger partial charge on any atom is 0.245 e. The van der Waals surface area contributed by atoms with Crippen molar-refractivity contribution in [3.63, 3.8) is 0 Å². The first-order valence-electron chi connectivity index (χ1n) is 23.8. The number of hydrogen-bond donors (Lipinski definition) is 8. The van der Waals surface area contributed by atoms with Crippen molar-refractivity contribution in [3.8, 4) is 0 Å². The highest BCUT2D eigenvalue weighted by Crippen LogP contribution is 2.28. The molecule has 2 fully saturated rings. The van der Waals surface area contributed by atoms with Crippen molar-refractivity contribution in [2.45, 2.75) is 133 Å². The number of carbonyl (C=O) groups excluding carboxylic acids is 7. The minimum atomic E-state index is -1.17. The predicted molar refractivity (Wildman–Crippen MR) is 256 cm³/mol. The molecule has 1 aliphatic carbocycles. The molecule has 0 unspecified atom stereocenters. The highest BCUT2D eigenvalue weighted by Gasteiger charge is 2.39. The van der Waals surface area contributed by atoms with Gasteiger partial charge in [-0.1, -0.05) is 111 Å². The van der Waals surface area contributed by atoms with E-state index in [4.69, 9.17) is 11.5 Å². The lowest BCUT2D eigenvalue weighted by atomic mass is 9.84. The fraction of sp³-hybridized carbons (Fsp3) is 0.471. The van der Waals surface area contributed by atoms with Crippen molar-refractivity contribution in [2.75, 3.05) is 13.1 Å². The first-order valence-corrected chi connectivity index (χ1v) is 23.8. The lowest BCUT2D eigenvalue weighted by Gasteiger charge is -2.38. The molecule has 1 saturated carbocycles. The maximum atomic E-state index is 14.7. The summed E-state index contributed by atoms with van der Waals surface area (Å²) >= 11 is 0. The summed E-state index contributed by atoms with van der Waals surface area (Å²) in [6, 6.07) is 19.8. The molecule has 0 spiro atoms. The third-order valence-corrected chi connectivity index (χ3v) is 13.0. The fourth-order valence-corrected chi connectivity index (χ4v) is 9.43. The van der Waals surface area contributed by atoms with Crippen molar-refractivity contribution in [3.05, 3.63) is 108 Å². The average Bonchev–Trinajstić information content (AvgIpc) is 3.74. The van der Waals surface area contributed by atoms with Crippen LogP contribution in [-0.4, -0.2) is 101 Å². The van der Waals surface area contributed by atoms with Crippen LogP contribution in [0.15, 0.2) is 91.1 Å². The van der Waals surface area contributed by atoms with Crippen LogP contribution in [0.25, 0.3) is 10.9 Å². The van der Waals surface area contributed by atoms with Gasteiger partial charge in [0.2, 0.25) is 41.4 Å². The largest absolute Gasteiger partial charge is 0.368 e. The van der Waals surface area contributed by atoms with Gasteiger partial charge in [0, 0.05) is 49.8 Å². The second-order valence-electron chi connectivity index (χ2n) is 18.1. The lowest BCUT2D eigenvalue weighted by molar-refractivity contribution is -0.146. The van der Waals surface area contributed by atoms with Crippen LogP contribution in [0.3, 0.4) is 0 Å². The van der Waals surface area contributed by atoms with Crippen molar-refractivity contribution >= 4 is 52.3 Å². The molecule has 1 aromatic heterocycles. The fourth-order valence-electron chi connectivity index (χ4n) is 9.43. The van der Waals surface area contributed by atoms with Crippen LogP contribution in [0.5, 0.6) is 0 Å². The van der Waals surface area contributed by atoms with Gasteiger partial charge in [-0.25, -0.2) is 0 Å². The SMILES string of the molecule is CC(=O)N[C@@H](Cc1ccccc1)C(=O)N[C@@H](CCCN)C(=O)N1CCCC[C@H]1C(=O)N[C@H](CC1CCCCC1)C(=O)N[C@@H](Cc1c[nH]c2ccccc12)C(=O)N[C@@H](Cc1ccccc1)C(N)=O. The predicted octanol–water partition coefficient (Wildman–Crippen LogP) is 3.22. The van der Waals surface area contributed by atoms with E-state index < -0.39 is 77.6 Å². The molecule has 3 aromatic carbocycles. The van der Waals surface area contributed by atoms with E-state index in [9.17, 15) is 33.6 Å². The van der Waals surface area contributed by atoms with Gasteiger partial charge in [0.25, 0.3) is 0 Å². The van der Waals surface area contributed by atoms with E-state index in [1.807, 2.05) is 84.9 Å². The zero-order valence-corrected chi connectivity index (χ0v) is 38.5. The summed E-state index contributed by atoms with van der Waals surface area (Å²) in [5.74, 6) is -3.68. The highest BCUT2D eigenvalue weighted by atomic mass is 16.2. The Labute approximate surface area is 392 Å². The van der Waals surface area contributed by atoms with Crippen LogP contribution in [0.4, 0.5) is 0 Å². The van der Waals surface area contributed by atoms with E-state index in [0.717, 1.165) is 59.7 Å². The Hall–Kier alpha value is -6.55. The molecule has 16 heteroatoms. The van der Waals surface area contributed by atoms with E-state index >= 15 is 0 Å². The van der Waals surface area contributed by atoms with Crippen LogP contribution >= 0.6 is 0 Å². The Morgan fingerprint density at radius 2 is 1.21 bits per heavy atom. The number of aromatic amines is 1. The minimum Gasteiger partial charge on any atom is -0.368 e. The van der Waals surface area contributed by atoms with E-state index in [-0.39, 0.29) is 44.7 Å². The summed E-state index contributed by atoms with van der Waals surface area (Å²) in [6.07, 6.45) is 9.55. The summed E-state index contributed by atoms with van der Waals surface area (Å²) < 4.78 is 0. The molecule has 4 aromatic rings. The topological polar surface area (TPSA) is 251 Å². The molecule has 2 aliphatic rings. The van der Waals surface area contributed by atoms with Gasteiger partial charge in [-0.15, -0.1) is 0 Å². The molecule has 16 nitrogen and oxygen atoms in total. The van der Waals surface area contributed by atoms with E-state index in [1.165, 1.54) is 11.8 Å². The first-order chi connectivity index (χ1) is 32.4. The van der Waals surface area contributed by atoms with Crippen molar-refractivity contribution < 1.29 is 33.6 Å². The number of amides is 7. The van der Waals surface area contributed by atoms with Crippen molar-refractivity contribution in [1.29, 1.82) is 0 Å². The number of H-pyrrole nitrogens is 1. The van der Waals surface area contributed by atoms with Crippen molar-refractivity contribution in [2.24, 2.45) is 17.4 Å². The summed E-state index contributed by atoms with van der Waals surface area (Å²) in [6.45, 7) is 1.84. The van der Waals surface area contributed by atoms with E-state index in [2.05, 4.69) is 31.6 Å². The zero-order valence-electron chi connectivity index (χ0n) is 38.5. The van der Waals surface area contributed by atoms with Crippen LogP contribution in [-0.2, 0) is 52.8 Å². The lowest BCUT2D eigenvalue weighted by Crippen LogP contribution is -2.61. The molecule has 0 radical (unpaired) electrons. The summed E-state index contributed by atoms with van der Waals surface area (Å²) in [5.41, 5.74) is 14.9. The maximum absolute atomic E-state index is 14.7. The molecule has 1 aliphatic heterocycles. The molecule has 6 rings (SSSR count). The number of hydrogen-bond acceptors (Lipinski definition) is 8. The molecule has 1 saturated heterocycles. The molecule has 358 valence electrons. The number of piperidine rings is 1. The Balaban J connectivity index is 1.23. The normalized spacial score (nSPS) is 17.5.